The molecule has 2 heterocycles. The van der Waals surface area contributed by atoms with Gasteiger partial charge >= 0.3 is 0 Å². The Bertz CT molecular complexity index is 1140. The number of hydrogen-bond acceptors (Lipinski definition) is 5. The molecule has 1 aliphatic rings. The van der Waals surface area contributed by atoms with E-state index in [-0.39, 0.29) is 18.4 Å². The van der Waals surface area contributed by atoms with Gasteiger partial charge in [-0.05, 0) is 60.9 Å². The van der Waals surface area contributed by atoms with Crippen LogP contribution < -0.4 is 9.64 Å². The first kappa shape index (κ1) is 22.3. The average Bonchev–Trinajstić information content (AvgIpc) is 3.10. The lowest BCUT2D eigenvalue weighted by Crippen LogP contribution is -2.34. The SMILES string of the molecule is CCCOc1ccc(C2=C(N(CC)c3ccccc3)C(=O)N(Cc3ccncc3)C2=O)cc1. The Morgan fingerprint density at radius 2 is 1.58 bits per heavy atom. The smallest absolute Gasteiger partial charge is 0.278 e. The standard InChI is InChI=1S/C27H27N3O3/c1-3-18-33-23-12-10-21(11-13-23)24-25(29(4-2)22-8-6-5-7-9-22)27(32)30(26(24)31)19-20-14-16-28-17-15-20/h5-17H,3-4,18-19H2,1-2H3. The minimum atomic E-state index is -0.302. The average molecular weight is 442 g/mol. The maximum absolute atomic E-state index is 13.7. The van der Waals surface area contributed by atoms with E-state index in [0.717, 1.165) is 23.4 Å². The summed E-state index contributed by atoms with van der Waals surface area (Å²) in [5.74, 6) is 0.135. The molecule has 1 aliphatic heterocycles. The molecule has 6 heteroatoms. The van der Waals surface area contributed by atoms with Gasteiger partial charge in [-0.25, -0.2) is 0 Å². The van der Waals surface area contributed by atoms with Gasteiger partial charge in [-0.3, -0.25) is 19.5 Å². The predicted octanol–water partition coefficient (Wildman–Crippen LogP) is 4.68. The highest BCUT2D eigenvalue weighted by atomic mass is 16.5. The molecule has 0 saturated carbocycles. The molecule has 0 atom stereocenters. The van der Waals surface area contributed by atoms with Crippen LogP contribution in [0.2, 0.25) is 0 Å². The van der Waals surface area contributed by atoms with Crippen molar-refractivity contribution in [3.63, 3.8) is 0 Å². The summed E-state index contributed by atoms with van der Waals surface area (Å²) in [6.45, 7) is 5.39. The summed E-state index contributed by atoms with van der Waals surface area (Å²) in [7, 11) is 0. The maximum Gasteiger partial charge on any atom is 0.278 e. The van der Waals surface area contributed by atoms with Crippen LogP contribution in [0.4, 0.5) is 5.69 Å². The van der Waals surface area contributed by atoms with Crippen LogP contribution in [0.25, 0.3) is 5.57 Å². The third-order valence-corrected chi connectivity index (χ3v) is 5.50. The van der Waals surface area contributed by atoms with E-state index in [1.54, 1.807) is 12.4 Å². The molecule has 168 valence electrons. The van der Waals surface area contributed by atoms with Crippen LogP contribution in [0.5, 0.6) is 5.75 Å². The number of imide groups is 1. The molecular formula is C27H27N3O3. The number of benzene rings is 2. The highest BCUT2D eigenvalue weighted by Crippen LogP contribution is 2.35. The van der Waals surface area contributed by atoms with E-state index in [1.165, 1.54) is 4.90 Å². The molecule has 6 nitrogen and oxygen atoms in total. The first-order valence-electron chi connectivity index (χ1n) is 11.2. The number of anilines is 1. The van der Waals surface area contributed by atoms with E-state index < -0.39 is 0 Å². The van der Waals surface area contributed by atoms with Gasteiger partial charge in [-0.2, -0.15) is 0 Å². The molecule has 0 unspecified atom stereocenters. The van der Waals surface area contributed by atoms with Gasteiger partial charge in [0.25, 0.3) is 11.8 Å². The third kappa shape index (κ3) is 4.65. The Morgan fingerprint density at radius 1 is 0.879 bits per heavy atom. The van der Waals surface area contributed by atoms with Gasteiger partial charge in [-0.15, -0.1) is 0 Å². The van der Waals surface area contributed by atoms with Crippen molar-refractivity contribution in [2.45, 2.75) is 26.8 Å². The van der Waals surface area contributed by atoms with Crippen LogP contribution in [0, 0.1) is 0 Å². The topological polar surface area (TPSA) is 62.7 Å². The number of aromatic nitrogens is 1. The fourth-order valence-corrected chi connectivity index (χ4v) is 3.90. The fraction of sp³-hybridized carbons (Fsp3) is 0.222. The number of para-hydroxylation sites is 1. The van der Waals surface area contributed by atoms with E-state index in [2.05, 4.69) is 11.9 Å². The zero-order valence-corrected chi connectivity index (χ0v) is 18.9. The lowest BCUT2D eigenvalue weighted by Gasteiger charge is -2.25. The first-order valence-corrected chi connectivity index (χ1v) is 11.2. The van der Waals surface area contributed by atoms with Crippen LogP contribution >= 0.6 is 0 Å². The molecule has 2 amide bonds. The fourth-order valence-electron chi connectivity index (χ4n) is 3.90. The molecule has 0 fully saturated rings. The van der Waals surface area contributed by atoms with Gasteiger partial charge in [0.1, 0.15) is 11.4 Å². The van der Waals surface area contributed by atoms with Gasteiger partial charge in [0.05, 0.1) is 18.7 Å². The molecule has 4 rings (SSSR count). The van der Waals surface area contributed by atoms with E-state index in [9.17, 15) is 9.59 Å². The summed E-state index contributed by atoms with van der Waals surface area (Å²) >= 11 is 0. The van der Waals surface area contributed by atoms with E-state index >= 15 is 0 Å². The number of rotatable bonds is 9. The molecule has 2 aromatic carbocycles. The Kier molecular flexibility index (Phi) is 6.83. The molecule has 3 aromatic rings. The van der Waals surface area contributed by atoms with Gasteiger partial charge in [-0.1, -0.05) is 37.3 Å². The molecule has 0 radical (unpaired) electrons. The number of likely N-dealkylation sites (N-methyl/N-ethyl adjacent to an activating group) is 1. The van der Waals surface area contributed by atoms with Gasteiger partial charge in [0.2, 0.25) is 0 Å². The first-order chi connectivity index (χ1) is 16.1. The molecule has 0 spiro atoms. The number of carbonyl (C=O) groups excluding carboxylic acids is 2. The second-order valence-electron chi connectivity index (χ2n) is 7.73. The van der Waals surface area contributed by atoms with Crippen molar-refractivity contribution >= 4 is 23.1 Å². The Labute approximate surface area is 194 Å². The lowest BCUT2D eigenvalue weighted by atomic mass is 10.0. The minimum absolute atomic E-state index is 0.192. The Morgan fingerprint density at radius 3 is 2.21 bits per heavy atom. The van der Waals surface area contributed by atoms with Crippen molar-refractivity contribution in [1.82, 2.24) is 9.88 Å². The van der Waals surface area contributed by atoms with Crippen LogP contribution in [0.15, 0.2) is 84.8 Å². The molecular weight excluding hydrogens is 414 g/mol. The lowest BCUT2D eigenvalue weighted by molar-refractivity contribution is -0.137. The summed E-state index contributed by atoms with van der Waals surface area (Å²) in [5.41, 5.74) is 3.20. The zero-order valence-electron chi connectivity index (χ0n) is 18.9. The quantitative estimate of drug-likeness (QED) is 0.451. The van der Waals surface area contributed by atoms with Crippen LogP contribution in [-0.2, 0) is 16.1 Å². The predicted molar refractivity (Wildman–Crippen MR) is 128 cm³/mol. The summed E-state index contributed by atoms with van der Waals surface area (Å²) in [4.78, 5) is 34.5. The second-order valence-corrected chi connectivity index (χ2v) is 7.73. The monoisotopic (exact) mass is 441 g/mol. The van der Waals surface area contributed by atoms with Crippen molar-refractivity contribution in [1.29, 1.82) is 0 Å². The highest BCUT2D eigenvalue weighted by Gasteiger charge is 2.41. The summed E-state index contributed by atoms with van der Waals surface area (Å²) in [6, 6.07) is 20.7. The van der Waals surface area contributed by atoms with Gasteiger partial charge in [0, 0.05) is 24.6 Å². The van der Waals surface area contributed by atoms with Crippen molar-refractivity contribution in [3.05, 3.63) is 95.9 Å². The van der Waals surface area contributed by atoms with Crippen LogP contribution in [0.3, 0.4) is 0 Å². The number of hydrogen-bond donors (Lipinski definition) is 0. The molecule has 0 saturated heterocycles. The molecule has 0 N–H and O–H groups in total. The van der Waals surface area contributed by atoms with E-state index in [4.69, 9.17) is 4.74 Å². The van der Waals surface area contributed by atoms with Crippen molar-refractivity contribution in [3.8, 4) is 5.75 Å². The minimum Gasteiger partial charge on any atom is -0.494 e. The highest BCUT2D eigenvalue weighted by molar-refractivity contribution is 6.36. The largest absolute Gasteiger partial charge is 0.494 e. The van der Waals surface area contributed by atoms with Crippen LogP contribution in [0.1, 0.15) is 31.4 Å². The number of pyridine rings is 1. The Balaban J connectivity index is 1.77. The number of carbonyl (C=O) groups is 2. The van der Waals surface area contributed by atoms with Crippen LogP contribution in [-0.4, -0.2) is 34.8 Å². The van der Waals surface area contributed by atoms with Crippen molar-refractivity contribution < 1.29 is 14.3 Å². The zero-order chi connectivity index (χ0) is 23.2. The normalized spacial score (nSPS) is 13.6. The molecule has 33 heavy (non-hydrogen) atoms. The van der Waals surface area contributed by atoms with Crippen molar-refractivity contribution in [2.75, 3.05) is 18.1 Å². The summed E-state index contributed by atoms with van der Waals surface area (Å²) < 4.78 is 5.69. The van der Waals surface area contributed by atoms with Crippen molar-refractivity contribution in [2.24, 2.45) is 0 Å². The van der Waals surface area contributed by atoms with Gasteiger partial charge in [0.15, 0.2) is 0 Å². The maximum atomic E-state index is 13.7. The number of nitrogens with zero attached hydrogens (tertiary/aromatic N) is 3. The third-order valence-electron chi connectivity index (χ3n) is 5.50. The molecule has 1 aromatic heterocycles. The summed E-state index contributed by atoms with van der Waals surface area (Å²) in [5, 5.41) is 0. The van der Waals surface area contributed by atoms with Gasteiger partial charge < -0.3 is 9.64 Å². The summed E-state index contributed by atoms with van der Waals surface area (Å²) in [6.07, 6.45) is 4.23. The molecule has 0 bridgehead atoms. The number of ether oxygens (including phenoxy) is 1. The second kappa shape index (κ2) is 10.1. The van der Waals surface area contributed by atoms with E-state index in [1.807, 2.05) is 78.6 Å². The molecule has 0 aliphatic carbocycles. The number of amides is 2. The Hall–Kier alpha value is -3.93. The van der Waals surface area contributed by atoms with E-state index in [0.29, 0.717) is 30.0 Å².